The summed E-state index contributed by atoms with van der Waals surface area (Å²) in [5, 5.41) is 35.7. The van der Waals surface area contributed by atoms with Crippen molar-refractivity contribution in [2.75, 3.05) is 113 Å². The maximum absolute atomic E-state index is 12.4. The molecule has 6 amide bonds. The molecule has 9 aliphatic rings. The predicted molar refractivity (Wildman–Crippen MR) is 340 cm³/mol. The topological polar surface area (TPSA) is 366 Å². The quantitative estimate of drug-likeness (QED) is 0.0562. The van der Waals surface area contributed by atoms with Crippen LogP contribution >= 0.6 is 34.0 Å². The molecule has 0 radical (unpaired) electrons. The Hall–Kier alpha value is -3.58. The van der Waals surface area contributed by atoms with E-state index >= 15 is 0 Å². The minimum atomic E-state index is -4.98. The second-order valence-corrected chi connectivity index (χ2v) is 30.6. The molecule has 0 aliphatic carbocycles. The maximum atomic E-state index is 12.4. The second kappa shape index (κ2) is 34.3. The Kier molecular flexibility index (Phi) is 27.7. The van der Waals surface area contributed by atoms with E-state index in [9.17, 15) is 48.7 Å². The van der Waals surface area contributed by atoms with Crippen LogP contribution in [-0.4, -0.2) is 238 Å². The summed E-state index contributed by atoms with van der Waals surface area (Å²) in [7, 11) is -14.7. The van der Waals surface area contributed by atoms with Crippen molar-refractivity contribution in [1.29, 1.82) is 0 Å². The van der Waals surface area contributed by atoms with E-state index in [0.717, 1.165) is 114 Å². The van der Waals surface area contributed by atoms with Crippen molar-refractivity contribution in [3.05, 3.63) is 15.0 Å². The van der Waals surface area contributed by atoms with E-state index in [1.807, 2.05) is 0 Å². The third-order valence-corrected chi connectivity index (χ3v) is 22.5. The molecular formula is C54H90N17NaO15S6. The smallest absolute Gasteiger partial charge is 0.724 e. The molecule has 0 aromatic carbocycles. The molecule has 9 fully saturated rings. The number of fused-ring (bicyclic) bond motifs is 6. The number of nitrogens with one attached hydrogen (secondary N) is 1. The first-order valence-corrected chi connectivity index (χ1v) is 39.1. The number of piperidine rings is 5. The zero-order valence-electron chi connectivity index (χ0n) is 54.0. The van der Waals surface area contributed by atoms with Gasteiger partial charge in [0.1, 0.15) is 15.0 Å². The Labute approximate surface area is 580 Å². The Morgan fingerprint density at radius 1 is 0.473 bits per heavy atom. The zero-order chi connectivity index (χ0) is 65.8. The van der Waals surface area contributed by atoms with Crippen LogP contribution in [0.3, 0.4) is 0 Å². The normalized spacial score (nSPS) is 24.2. The van der Waals surface area contributed by atoms with E-state index < -0.39 is 67.4 Å². The molecule has 3 aromatic heterocycles. The third-order valence-electron chi connectivity index (χ3n) is 18.2. The molecule has 6 atom stereocenters. The van der Waals surface area contributed by atoms with Gasteiger partial charge in [0.15, 0.2) is 0 Å². The molecule has 6 bridgehead atoms. The van der Waals surface area contributed by atoms with Gasteiger partial charge in [0.25, 0.3) is 0 Å². The van der Waals surface area contributed by atoms with Gasteiger partial charge in [-0.1, -0.05) is 87.4 Å². The van der Waals surface area contributed by atoms with Crippen LogP contribution in [0, 0.1) is 0 Å². The first kappa shape index (κ1) is 75.2. The number of carbonyl (C=O) groups is 3. The summed E-state index contributed by atoms with van der Waals surface area (Å²) in [6.45, 7) is 23.4. The molecule has 518 valence electrons. The number of hydroxylamine groups is 6. The van der Waals surface area contributed by atoms with Gasteiger partial charge < -0.3 is 48.3 Å². The van der Waals surface area contributed by atoms with Gasteiger partial charge in [-0.25, -0.2) is 31.2 Å². The van der Waals surface area contributed by atoms with Gasteiger partial charge in [0.2, 0.25) is 36.2 Å². The first-order chi connectivity index (χ1) is 44.0. The molecule has 0 unspecified atom stereocenters. The van der Waals surface area contributed by atoms with Crippen LogP contribution in [-0.2, 0) is 44.0 Å². The fourth-order valence-corrected chi connectivity index (χ4v) is 17.7. The van der Waals surface area contributed by atoms with Gasteiger partial charge in [-0.3, -0.25) is 4.55 Å². The van der Waals surface area contributed by atoms with Crippen LogP contribution in [0.2, 0.25) is 0 Å². The van der Waals surface area contributed by atoms with Crippen LogP contribution in [0.25, 0.3) is 0 Å². The summed E-state index contributed by atoms with van der Waals surface area (Å²) in [4.78, 5) is 48.4. The summed E-state index contributed by atoms with van der Waals surface area (Å²) >= 11 is 4.40. The van der Waals surface area contributed by atoms with Gasteiger partial charge in [-0.15, -0.1) is 34.9 Å². The number of amides is 6. The number of piperazine rings is 1. The van der Waals surface area contributed by atoms with Gasteiger partial charge in [0, 0.05) is 72.0 Å². The van der Waals surface area contributed by atoms with Gasteiger partial charge in [-0.2, -0.15) is 32.2 Å². The van der Waals surface area contributed by atoms with Crippen molar-refractivity contribution in [1.82, 2.24) is 65.8 Å². The second-order valence-electron chi connectivity index (χ2n) is 24.7. The van der Waals surface area contributed by atoms with E-state index in [0.29, 0.717) is 68.3 Å². The molecular weight excluding hydrogens is 1340 g/mol. The number of anilines is 3. The number of hydrogen-bond acceptors (Lipinski definition) is 27. The van der Waals surface area contributed by atoms with E-state index in [-0.39, 0.29) is 47.7 Å². The Morgan fingerprint density at radius 3 is 1.06 bits per heavy atom. The van der Waals surface area contributed by atoms with Crippen molar-refractivity contribution in [3.63, 3.8) is 0 Å². The summed E-state index contributed by atoms with van der Waals surface area (Å²) in [5.41, 5.74) is 0. The standard InChI is InChI=1S/C16H36N.2C13H19N5O5S2.C12H18N6O5S2.Na/c1-5-9-13-17(14-10-6-2,15-11-7-3)16-12-8-4;2*19-13-17-8-9(18(13)23-25(20,21)22)4-5-10(17)11-14-15-12(24-11)16-6-2-1-3-7-16;19-12-17-7-8(18(12)23-25(20,21)22)1-2-9(17)10-14-15-11(24-10)16-5-3-13-4-6-16;/h5-16H2,1-4H3;2*9-10H,1-8H2,(H,20,21,22);8-9,13H,1-7H2,(H,20,21,22);/q+1;;;;+1/p-2/t;2*9-,10+;8-,9+;/m.111./s1. The van der Waals surface area contributed by atoms with E-state index in [2.05, 4.69) is 91.2 Å². The average Bonchev–Trinajstić information content (AvgIpc) is 1.77. The van der Waals surface area contributed by atoms with Gasteiger partial charge in [-0.05, 0) is 103 Å². The number of unbranched alkanes of at least 4 members (excludes halogenated alkanes) is 4. The van der Waals surface area contributed by atoms with Gasteiger partial charge >= 0.3 is 58.0 Å². The minimum Gasteiger partial charge on any atom is -0.724 e. The fraction of sp³-hybridized carbons (Fsp3) is 0.833. The molecule has 32 nitrogen and oxygen atoms in total. The largest absolute Gasteiger partial charge is 1.00 e. The zero-order valence-corrected chi connectivity index (χ0v) is 60.9. The molecule has 9 aliphatic heterocycles. The van der Waals surface area contributed by atoms with Gasteiger partial charge in [0.05, 0.1) is 62.4 Å². The van der Waals surface area contributed by atoms with Crippen LogP contribution in [0.15, 0.2) is 0 Å². The van der Waals surface area contributed by atoms with E-state index in [1.165, 1.54) is 144 Å². The van der Waals surface area contributed by atoms with Crippen molar-refractivity contribution in [3.8, 4) is 0 Å². The number of nitrogens with zero attached hydrogens (tertiary/aromatic N) is 16. The molecule has 9 saturated heterocycles. The molecule has 2 N–H and O–H groups in total. The molecule has 0 saturated carbocycles. The minimum absolute atomic E-state index is 0. The number of aromatic nitrogens is 6. The Balaban J connectivity index is 0.000000161. The number of quaternary nitrogens is 1. The number of rotatable bonds is 24. The van der Waals surface area contributed by atoms with Crippen LogP contribution in [0.1, 0.15) is 189 Å². The van der Waals surface area contributed by atoms with E-state index in [4.69, 9.17) is 4.55 Å². The summed E-state index contributed by atoms with van der Waals surface area (Å²) < 4.78 is 110. The summed E-state index contributed by atoms with van der Waals surface area (Å²) in [6, 6.07) is -3.83. The molecule has 0 spiro atoms. The Morgan fingerprint density at radius 2 is 0.774 bits per heavy atom. The molecule has 39 heteroatoms. The van der Waals surface area contributed by atoms with Crippen LogP contribution < -0.4 is 49.6 Å². The number of carbonyl (C=O) groups excluding carboxylic acids is 3. The van der Waals surface area contributed by atoms with Crippen molar-refractivity contribution < 1.29 is 100 Å². The van der Waals surface area contributed by atoms with Crippen LogP contribution in [0.4, 0.5) is 29.8 Å². The molecule has 93 heavy (non-hydrogen) atoms. The van der Waals surface area contributed by atoms with Crippen molar-refractivity contribution in [2.45, 2.75) is 192 Å². The van der Waals surface area contributed by atoms with Crippen LogP contribution in [0.5, 0.6) is 0 Å². The first-order valence-electron chi connectivity index (χ1n) is 32.6. The summed E-state index contributed by atoms with van der Waals surface area (Å²) in [5.74, 6) is 0. The van der Waals surface area contributed by atoms with Crippen molar-refractivity contribution in [2.24, 2.45) is 0 Å². The number of hydrogen-bond donors (Lipinski definition) is 2. The summed E-state index contributed by atoms with van der Waals surface area (Å²) in [6.07, 6.45) is 21.6. The van der Waals surface area contributed by atoms with Crippen molar-refractivity contribution >= 4 is 98.7 Å². The maximum Gasteiger partial charge on any atom is 1.00 e. The number of urea groups is 3. The Bertz CT molecular complexity index is 2910. The fourth-order valence-electron chi connectivity index (χ4n) is 13.4. The predicted octanol–water partition coefficient (Wildman–Crippen LogP) is 3.35. The average molecular weight is 1430 g/mol. The molecule has 3 aromatic rings. The molecule has 12 heterocycles. The third kappa shape index (κ3) is 20.1. The monoisotopic (exact) mass is 1430 g/mol. The van der Waals surface area contributed by atoms with E-state index in [1.54, 1.807) is 0 Å². The SMILES string of the molecule is CCCC[N+](CCCC)(CCCC)CCCC.O=C1N2C[C@@H](CC[C@H]2c2nnc(N3CCCCC3)s2)N1OS(=O)(=O)[O-].O=C1N2C[C@@H](CC[C@H]2c2nnc(N3CCCCC3)s2)N1OS(=O)(=O)[O-].O=C1N2C[C@@H](CC[C@H]2c2nnc(N3CCNCC3)s2)N1OS(=O)(=O)O.[Na+]. The molecule has 12 rings (SSSR count).